The first-order chi connectivity index (χ1) is 12.3. The summed E-state index contributed by atoms with van der Waals surface area (Å²) in [7, 11) is 0. The Kier molecular flexibility index (Phi) is 7.96. The van der Waals surface area contributed by atoms with Gasteiger partial charge in [0.05, 0.1) is 6.61 Å². The molecule has 0 aromatic heterocycles. The van der Waals surface area contributed by atoms with Crippen LogP contribution in [-0.4, -0.2) is 34.8 Å². The molecule has 1 aliphatic heterocycles. The van der Waals surface area contributed by atoms with Gasteiger partial charge in [-0.2, -0.15) is 5.06 Å². The highest BCUT2D eigenvalue weighted by Gasteiger charge is 2.45. The first-order valence-corrected chi connectivity index (χ1v) is 10.9. The summed E-state index contributed by atoms with van der Waals surface area (Å²) < 4.78 is 5.57. The Morgan fingerprint density at radius 1 is 1.04 bits per heavy atom. The van der Waals surface area contributed by atoms with Crippen molar-refractivity contribution in [2.75, 3.05) is 6.61 Å². The van der Waals surface area contributed by atoms with Crippen molar-refractivity contribution in [3.63, 3.8) is 0 Å². The van der Waals surface area contributed by atoms with Gasteiger partial charge in [-0.05, 0) is 65.7 Å². The maximum Gasteiger partial charge on any atom is 0.337 e. The van der Waals surface area contributed by atoms with Crippen molar-refractivity contribution >= 4 is 5.97 Å². The van der Waals surface area contributed by atoms with Gasteiger partial charge in [-0.15, -0.1) is 0 Å². The molecule has 0 radical (unpaired) electrons. The molecule has 26 heavy (non-hydrogen) atoms. The van der Waals surface area contributed by atoms with Crippen LogP contribution in [0, 0.1) is 5.92 Å². The third kappa shape index (κ3) is 5.95. The minimum Gasteiger partial charge on any atom is -0.464 e. The highest BCUT2D eigenvalue weighted by Crippen LogP contribution is 2.40. The van der Waals surface area contributed by atoms with E-state index in [1.165, 1.54) is 38.5 Å². The van der Waals surface area contributed by atoms with Crippen molar-refractivity contribution in [3.8, 4) is 0 Å². The molecule has 1 unspecified atom stereocenters. The number of hydroxylamine groups is 2. The van der Waals surface area contributed by atoms with E-state index in [0.29, 0.717) is 12.5 Å². The lowest BCUT2D eigenvalue weighted by Gasteiger charge is -2.52. The van der Waals surface area contributed by atoms with Gasteiger partial charge in [0, 0.05) is 11.1 Å². The van der Waals surface area contributed by atoms with E-state index in [4.69, 9.17) is 9.57 Å². The van der Waals surface area contributed by atoms with Crippen LogP contribution >= 0.6 is 0 Å². The Labute approximate surface area is 160 Å². The van der Waals surface area contributed by atoms with Crippen LogP contribution in [0.5, 0.6) is 0 Å². The van der Waals surface area contributed by atoms with Crippen molar-refractivity contribution in [3.05, 3.63) is 0 Å². The summed E-state index contributed by atoms with van der Waals surface area (Å²) in [4.78, 5) is 19.3. The van der Waals surface area contributed by atoms with E-state index in [2.05, 4.69) is 39.7 Å². The topological polar surface area (TPSA) is 38.8 Å². The average Bonchev–Trinajstić information content (AvgIpc) is 2.57. The number of esters is 1. The van der Waals surface area contributed by atoms with Crippen LogP contribution in [0.25, 0.3) is 0 Å². The predicted octanol–water partition coefficient (Wildman–Crippen LogP) is 5.64. The largest absolute Gasteiger partial charge is 0.464 e. The van der Waals surface area contributed by atoms with E-state index in [-0.39, 0.29) is 17.0 Å². The zero-order chi connectivity index (χ0) is 19.2. The lowest BCUT2D eigenvalue weighted by molar-refractivity contribution is -0.304. The Morgan fingerprint density at radius 2 is 1.65 bits per heavy atom. The van der Waals surface area contributed by atoms with Gasteiger partial charge in [0.1, 0.15) is 0 Å². The molecule has 0 N–H and O–H groups in total. The van der Waals surface area contributed by atoms with Gasteiger partial charge in [-0.1, -0.05) is 45.4 Å². The van der Waals surface area contributed by atoms with Crippen molar-refractivity contribution in [2.45, 2.75) is 122 Å². The highest BCUT2D eigenvalue weighted by atomic mass is 16.7. The van der Waals surface area contributed by atoms with Crippen LogP contribution in [-0.2, 0) is 14.4 Å². The minimum atomic E-state index is -0.466. The standard InChI is InChI=1S/C22H41NO3/c1-6-7-16-25-20(24)19(17-18-12-9-8-10-13-18)26-23-21(2,3)14-11-15-22(23,4)5/h18-19H,6-17H2,1-5H3. The van der Waals surface area contributed by atoms with Crippen LogP contribution in [0.2, 0.25) is 0 Å². The Balaban J connectivity index is 2.09. The number of carbonyl (C=O) groups excluding carboxylic acids is 1. The highest BCUT2D eigenvalue weighted by molar-refractivity contribution is 5.74. The zero-order valence-electron chi connectivity index (χ0n) is 17.8. The second-order valence-corrected chi connectivity index (χ2v) is 9.63. The summed E-state index contributed by atoms with van der Waals surface area (Å²) in [5, 5.41) is 2.12. The molecule has 0 aromatic carbocycles. The molecule has 2 rings (SSSR count). The molecule has 0 amide bonds. The summed E-state index contributed by atoms with van der Waals surface area (Å²) in [6.07, 6.45) is 12.0. The van der Waals surface area contributed by atoms with Gasteiger partial charge < -0.3 is 4.74 Å². The molecule has 0 spiro atoms. The van der Waals surface area contributed by atoms with E-state index in [9.17, 15) is 4.79 Å². The predicted molar refractivity (Wildman–Crippen MR) is 106 cm³/mol. The maximum absolute atomic E-state index is 12.8. The molecule has 1 atom stereocenters. The quantitative estimate of drug-likeness (QED) is 0.411. The summed E-state index contributed by atoms with van der Waals surface area (Å²) in [5.74, 6) is 0.421. The summed E-state index contributed by atoms with van der Waals surface area (Å²) >= 11 is 0. The number of unbranched alkanes of at least 4 members (excludes halogenated alkanes) is 1. The van der Waals surface area contributed by atoms with Gasteiger partial charge in [0.15, 0.2) is 6.10 Å². The number of carbonyl (C=O) groups is 1. The first-order valence-electron chi connectivity index (χ1n) is 10.9. The number of rotatable bonds is 8. The lowest BCUT2D eigenvalue weighted by atomic mass is 9.82. The summed E-state index contributed by atoms with van der Waals surface area (Å²) in [6, 6.07) is 0. The fourth-order valence-corrected chi connectivity index (χ4v) is 4.71. The monoisotopic (exact) mass is 367 g/mol. The summed E-state index contributed by atoms with van der Waals surface area (Å²) in [5.41, 5.74) is -0.119. The van der Waals surface area contributed by atoms with Gasteiger partial charge >= 0.3 is 5.97 Å². The van der Waals surface area contributed by atoms with Gasteiger partial charge in [-0.3, -0.25) is 4.84 Å². The normalized spacial score (nSPS) is 25.0. The smallest absolute Gasteiger partial charge is 0.337 e. The van der Waals surface area contributed by atoms with Crippen LogP contribution in [0.15, 0.2) is 0 Å². The molecular formula is C22H41NO3. The number of nitrogens with zero attached hydrogens (tertiary/aromatic N) is 1. The Hall–Kier alpha value is -0.610. The third-order valence-electron chi connectivity index (χ3n) is 6.19. The Bertz CT molecular complexity index is 425. The molecule has 0 bridgehead atoms. The average molecular weight is 368 g/mol. The third-order valence-corrected chi connectivity index (χ3v) is 6.19. The summed E-state index contributed by atoms with van der Waals surface area (Å²) in [6.45, 7) is 11.5. The lowest BCUT2D eigenvalue weighted by Crippen LogP contribution is -2.60. The molecule has 4 nitrogen and oxygen atoms in total. The minimum absolute atomic E-state index is 0.0593. The van der Waals surface area contributed by atoms with E-state index >= 15 is 0 Å². The SMILES string of the molecule is CCCCOC(=O)C(CC1CCCCC1)ON1C(C)(C)CCCC1(C)C. The molecule has 1 heterocycles. The zero-order valence-corrected chi connectivity index (χ0v) is 17.8. The van der Waals surface area contributed by atoms with E-state index in [1.54, 1.807) is 0 Å². The second kappa shape index (κ2) is 9.54. The van der Waals surface area contributed by atoms with Gasteiger partial charge in [-0.25, -0.2) is 4.79 Å². The van der Waals surface area contributed by atoms with Gasteiger partial charge in [0.25, 0.3) is 0 Å². The molecular weight excluding hydrogens is 326 g/mol. The van der Waals surface area contributed by atoms with Crippen molar-refractivity contribution < 1.29 is 14.4 Å². The maximum atomic E-state index is 12.8. The second-order valence-electron chi connectivity index (χ2n) is 9.63. The molecule has 2 aliphatic rings. The van der Waals surface area contributed by atoms with E-state index in [0.717, 1.165) is 32.1 Å². The molecule has 1 saturated heterocycles. The Morgan fingerprint density at radius 3 is 2.23 bits per heavy atom. The van der Waals surface area contributed by atoms with E-state index < -0.39 is 6.10 Å². The molecule has 1 saturated carbocycles. The van der Waals surface area contributed by atoms with Crippen LogP contribution in [0.4, 0.5) is 0 Å². The number of hydrogen-bond donors (Lipinski definition) is 0. The van der Waals surface area contributed by atoms with Crippen LogP contribution in [0.3, 0.4) is 0 Å². The van der Waals surface area contributed by atoms with Gasteiger partial charge in [0.2, 0.25) is 0 Å². The van der Waals surface area contributed by atoms with Crippen molar-refractivity contribution in [1.29, 1.82) is 0 Å². The number of piperidine rings is 1. The van der Waals surface area contributed by atoms with Crippen molar-refractivity contribution in [1.82, 2.24) is 5.06 Å². The van der Waals surface area contributed by atoms with Crippen LogP contribution in [0.1, 0.15) is 105 Å². The van der Waals surface area contributed by atoms with Crippen molar-refractivity contribution in [2.24, 2.45) is 5.92 Å². The number of ether oxygens (including phenoxy) is 1. The fraction of sp³-hybridized carbons (Fsp3) is 0.955. The molecule has 152 valence electrons. The van der Waals surface area contributed by atoms with Crippen LogP contribution < -0.4 is 0 Å². The molecule has 1 aliphatic carbocycles. The molecule has 4 heteroatoms. The first kappa shape index (κ1) is 21.7. The number of hydrogen-bond acceptors (Lipinski definition) is 4. The van der Waals surface area contributed by atoms with E-state index in [1.807, 2.05) is 0 Å². The fourth-order valence-electron chi connectivity index (χ4n) is 4.71. The molecule has 0 aromatic rings. The molecule has 2 fully saturated rings.